The molecule has 2 saturated heterocycles. The van der Waals surface area contributed by atoms with Gasteiger partial charge in [0, 0.05) is 20.2 Å². The molecule has 8 nitrogen and oxygen atoms in total. The van der Waals surface area contributed by atoms with Gasteiger partial charge in [-0.15, -0.1) is 0 Å². The maximum atomic E-state index is 10.2. The molecule has 3 heterocycles. The average molecular weight is 806 g/mol. The standard InChI is InChI=1S/C17H34B2O4.C12H14BBrO2.C7H5BrO2/c1-13(2,3)12(18-20-14(4,5)15(6,7)21-18)19-22-16(8,9)17(10,11)23-19;1-12(2,3)11-7-8-6-9(14)4-5-10(8)16-13(11)15;8-6-1-2-7(10)5(3-6)4-9/h12H,1-11H3;4-7,15H,1-3H3;1-4,10H. The number of phenolic OH excluding ortho intramolecular Hbond substituents is 1. The van der Waals surface area contributed by atoms with Gasteiger partial charge in [0.1, 0.15) is 11.5 Å². The topological polar surface area (TPSA) is 104 Å². The van der Waals surface area contributed by atoms with Gasteiger partial charge in [-0.25, -0.2) is 0 Å². The number of hydrogen-bond acceptors (Lipinski definition) is 8. The van der Waals surface area contributed by atoms with Crippen molar-refractivity contribution in [1.29, 1.82) is 0 Å². The third-order valence-corrected chi connectivity index (χ3v) is 10.9. The van der Waals surface area contributed by atoms with Crippen LogP contribution in [0.4, 0.5) is 0 Å². The van der Waals surface area contributed by atoms with Gasteiger partial charge in [-0.1, -0.05) is 79.5 Å². The minimum absolute atomic E-state index is 0.0122. The maximum absolute atomic E-state index is 10.2. The van der Waals surface area contributed by atoms with Crippen molar-refractivity contribution in [3.05, 3.63) is 61.9 Å². The third-order valence-electron chi connectivity index (χ3n) is 9.90. The summed E-state index contributed by atoms with van der Waals surface area (Å²) in [5.74, 6) is 0.738. The van der Waals surface area contributed by atoms with E-state index in [0.717, 1.165) is 25.7 Å². The van der Waals surface area contributed by atoms with E-state index in [1.807, 2.05) is 24.3 Å². The Morgan fingerprint density at radius 2 is 1.16 bits per heavy atom. The van der Waals surface area contributed by atoms with Crippen molar-refractivity contribution in [1.82, 2.24) is 0 Å². The van der Waals surface area contributed by atoms with Crippen molar-refractivity contribution in [2.45, 2.75) is 125 Å². The number of halogens is 2. The lowest BCUT2D eigenvalue weighted by atomic mass is 9.43. The van der Waals surface area contributed by atoms with Crippen LogP contribution >= 0.6 is 31.9 Å². The number of hydrogen-bond donors (Lipinski definition) is 2. The molecule has 2 aromatic carbocycles. The lowest BCUT2D eigenvalue weighted by Crippen LogP contribution is -2.45. The molecule has 0 bridgehead atoms. The molecule has 5 rings (SSSR count). The molecule has 0 spiro atoms. The van der Waals surface area contributed by atoms with Crippen LogP contribution in [-0.2, 0) is 18.6 Å². The van der Waals surface area contributed by atoms with Crippen molar-refractivity contribution in [2.24, 2.45) is 10.8 Å². The van der Waals surface area contributed by atoms with Crippen molar-refractivity contribution in [3.63, 3.8) is 0 Å². The number of carbonyl (C=O) groups excluding carboxylic acids is 1. The van der Waals surface area contributed by atoms with Crippen LogP contribution in [0.5, 0.6) is 11.5 Å². The number of allylic oxidation sites excluding steroid dienone is 1. The Bertz CT molecular complexity index is 1460. The Kier molecular flexibility index (Phi) is 12.6. The highest BCUT2D eigenvalue weighted by Gasteiger charge is 2.64. The monoisotopic (exact) mass is 804 g/mol. The third kappa shape index (κ3) is 9.85. The molecule has 3 aliphatic heterocycles. The Morgan fingerprint density at radius 1 is 0.735 bits per heavy atom. The molecular weight excluding hydrogens is 753 g/mol. The Morgan fingerprint density at radius 3 is 1.55 bits per heavy atom. The Hall–Kier alpha value is -1.60. The van der Waals surface area contributed by atoms with E-state index in [1.165, 1.54) is 6.07 Å². The predicted octanol–water partition coefficient (Wildman–Crippen LogP) is 9.38. The van der Waals surface area contributed by atoms with Gasteiger partial charge in [0.2, 0.25) is 0 Å². The molecule has 49 heavy (non-hydrogen) atoms. The molecule has 0 saturated carbocycles. The largest absolute Gasteiger partial charge is 0.556 e. The molecule has 2 fully saturated rings. The molecule has 0 radical (unpaired) electrons. The molecule has 0 aromatic heterocycles. The van der Waals surface area contributed by atoms with Crippen molar-refractivity contribution >= 4 is 65.6 Å². The number of fused-ring (bicyclic) bond motifs is 1. The summed E-state index contributed by atoms with van der Waals surface area (Å²) in [4.78, 5) is 10.2. The van der Waals surface area contributed by atoms with Gasteiger partial charge in [0.15, 0.2) is 6.29 Å². The molecule has 0 atom stereocenters. The molecular formula is C36H53B3Br2O8. The van der Waals surface area contributed by atoms with Crippen molar-refractivity contribution < 1.29 is 38.2 Å². The van der Waals surface area contributed by atoms with E-state index in [4.69, 9.17) is 28.4 Å². The molecule has 0 aliphatic carbocycles. The van der Waals surface area contributed by atoms with E-state index in [-0.39, 0.29) is 58.9 Å². The first kappa shape index (κ1) is 41.8. The van der Waals surface area contributed by atoms with E-state index in [2.05, 4.69) is 129 Å². The minimum atomic E-state index is -0.839. The van der Waals surface area contributed by atoms with Crippen LogP contribution < -0.4 is 4.65 Å². The quantitative estimate of drug-likeness (QED) is 0.234. The van der Waals surface area contributed by atoms with E-state index < -0.39 is 7.12 Å². The van der Waals surface area contributed by atoms with Crippen molar-refractivity contribution in [3.8, 4) is 11.5 Å². The van der Waals surface area contributed by atoms with Gasteiger partial charge >= 0.3 is 21.4 Å². The van der Waals surface area contributed by atoms with Crippen LogP contribution in [-0.4, -0.2) is 60.2 Å². The second-order valence-electron chi connectivity index (χ2n) is 17.0. The van der Waals surface area contributed by atoms with Crippen LogP contribution in [0.1, 0.15) is 113 Å². The van der Waals surface area contributed by atoms with Gasteiger partial charge in [-0.05, 0) is 108 Å². The van der Waals surface area contributed by atoms with E-state index in [0.29, 0.717) is 11.8 Å². The van der Waals surface area contributed by atoms with Gasteiger partial charge in [0.25, 0.3) is 0 Å². The van der Waals surface area contributed by atoms with Gasteiger partial charge in [-0.3, -0.25) is 4.79 Å². The van der Waals surface area contributed by atoms with Gasteiger partial charge < -0.3 is 33.4 Å². The molecule has 2 N–H and O–H groups in total. The molecule has 3 aliphatic rings. The molecule has 0 amide bonds. The normalized spacial score (nSPS) is 20.4. The average Bonchev–Trinajstić information content (AvgIpc) is 3.27. The zero-order valence-corrected chi connectivity index (χ0v) is 34.7. The summed E-state index contributed by atoms with van der Waals surface area (Å²) in [7, 11) is -1.54. The number of rotatable bonds is 3. The number of aromatic hydroxyl groups is 1. The fourth-order valence-electron chi connectivity index (χ4n) is 5.38. The number of phenols is 1. The van der Waals surface area contributed by atoms with Crippen LogP contribution in [0.15, 0.2) is 50.8 Å². The summed E-state index contributed by atoms with van der Waals surface area (Å²) < 4.78 is 32.6. The highest BCUT2D eigenvalue weighted by atomic mass is 79.9. The summed E-state index contributed by atoms with van der Waals surface area (Å²) in [6.45, 7) is 29.4. The van der Waals surface area contributed by atoms with Crippen LogP contribution in [0.3, 0.4) is 0 Å². The van der Waals surface area contributed by atoms with Gasteiger partial charge in [-0.2, -0.15) is 0 Å². The number of aldehydes is 1. The summed E-state index contributed by atoms with van der Waals surface area (Å²) in [5, 5.41) is 18.9. The molecule has 2 aromatic rings. The van der Waals surface area contributed by atoms with Crippen LogP contribution in [0, 0.1) is 10.8 Å². The highest BCUT2D eigenvalue weighted by molar-refractivity contribution is 9.10. The minimum Gasteiger partial charge on any atom is -0.532 e. The molecule has 268 valence electrons. The lowest BCUT2D eigenvalue weighted by Gasteiger charge is -2.33. The Labute approximate surface area is 311 Å². The summed E-state index contributed by atoms with van der Waals surface area (Å²) >= 11 is 6.60. The zero-order valence-electron chi connectivity index (χ0n) is 31.5. The molecule has 0 unspecified atom stereocenters. The van der Waals surface area contributed by atoms with E-state index in [9.17, 15) is 9.82 Å². The summed E-state index contributed by atoms with van der Waals surface area (Å²) in [6.07, 6.45) is 2.62. The first-order valence-corrected chi connectivity index (χ1v) is 18.2. The number of carbonyl (C=O) groups is 1. The first-order valence-electron chi connectivity index (χ1n) is 16.6. The fourth-order valence-corrected chi connectivity index (χ4v) is 6.14. The molecule has 13 heteroatoms. The van der Waals surface area contributed by atoms with Crippen LogP contribution in [0.2, 0.25) is 5.72 Å². The highest BCUT2D eigenvalue weighted by Crippen LogP contribution is 2.50. The van der Waals surface area contributed by atoms with E-state index in [1.54, 1.807) is 12.1 Å². The smallest absolute Gasteiger partial charge is 0.532 e. The fraction of sp³-hybridized carbons (Fsp3) is 0.583. The lowest BCUT2D eigenvalue weighted by molar-refractivity contribution is 0.00578. The van der Waals surface area contributed by atoms with Gasteiger partial charge in [0.05, 0.1) is 28.0 Å². The first-order chi connectivity index (χ1) is 22.1. The predicted molar refractivity (Wildman–Crippen MR) is 207 cm³/mol. The summed E-state index contributed by atoms with van der Waals surface area (Å²) in [5.41, 5.74) is 0.578. The SMILES string of the molecule is CC(C)(C)C(B1OC(C)(C)C(C)(C)O1)B1OC(C)(C)C(C)(C)O1.CC(C)(C)C1=Cc2cc(Br)ccc2OB1O.O=Cc1cc(Br)ccc1O. The number of benzene rings is 2. The van der Waals surface area contributed by atoms with Crippen LogP contribution in [0.25, 0.3) is 6.08 Å². The second kappa shape index (κ2) is 14.8. The van der Waals surface area contributed by atoms with Crippen molar-refractivity contribution in [2.75, 3.05) is 0 Å². The summed E-state index contributed by atoms with van der Waals surface area (Å²) in [6, 6.07) is 10.4. The van der Waals surface area contributed by atoms with E-state index >= 15 is 0 Å². The second-order valence-corrected chi connectivity index (χ2v) is 18.8. The Balaban J connectivity index is 0.000000216. The maximum Gasteiger partial charge on any atom is 0.556 e. The zero-order chi connectivity index (χ0) is 37.5.